The first-order valence-electron chi connectivity index (χ1n) is 11.0. The molecule has 4 rings (SSSR count). The van der Waals surface area contributed by atoms with Crippen LogP contribution in [0.2, 0.25) is 0 Å². The van der Waals surface area contributed by atoms with E-state index >= 15 is 0 Å². The van der Waals surface area contributed by atoms with Crippen LogP contribution < -0.4 is 10.2 Å². The first kappa shape index (κ1) is 20.3. The maximum atomic E-state index is 12.4. The number of benzene rings is 1. The number of ketones is 1. The standard InChI is InChI=1S/C24H33N3O2/c1-16-9-10-21-18(13-16)14-20(17(2)28)24(26-21)27-12-11-22(23(15-27)29-3)25-19-7-5-4-6-8-19/h9-10,13-14,19,22-23,25H,4-8,11-12,15H2,1-3H3/t22?,23-/m0/s1. The summed E-state index contributed by atoms with van der Waals surface area (Å²) in [7, 11) is 1.80. The van der Waals surface area contributed by atoms with Crippen LogP contribution in [0.15, 0.2) is 24.3 Å². The second-order valence-electron chi connectivity index (χ2n) is 8.73. The molecule has 0 bridgehead atoms. The lowest BCUT2D eigenvalue weighted by molar-refractivity contribution is 0.0533. The highest BCUT2D eigenvalue weighted by Gasteiger charge is 2.33. The molecule has 1 aliphatic heterocycles. The summed E-state index contributed by atoms with van der Waals surface area (Å²) in [6, 6.07) is 9.20. The second kappa shape index (κ2) is 8.80. The van der Waals surface area contributed by atoms with E-state index < -0.39 is 0 Å². The minimum atomic E-state index is 0.0623. The van der Waals surface area contributed by atoms with Crippen molar-refractivity contribution >= 4 is 22.5 Å². The molecule has 1 unspecified atom stereocenters. The van der Waals surface area contributed by atoms with Crippen molar-refractivity contribution in [2.75, 3.05) is 25.1 Å². The molecule has 1 saturated carbocycles. The predicted molar refractivity (Wildman–Crippen MR) is 118 cm³/mol. The Labute approximate surface area is 173 Å². The van der Waals surface area contributed by atoms with E-state index in [0.717, 1.165) is 36.2 Å². The van der Waals surface area contributed by atoms with Gasteiger partial charge in [0.1, 0.15) is 5.82 Å². The number of carbonyl (C=O) groups is 1. The van der Waals surface area contributed by atoms with Crippen LogP contribution in [0, 0.1) is 6.92 Å². The average molecular weight is 396 g/mol. The number of nitrogens with zero attached hydrogens (tertiary/aromatic N) is 2. The van der Waals surface area contributed by atoms with Crippen molar-refractivity contribution in [3.05, 3.63) is 35.4 Å². The number of aromatic nitrogens is 1. The number of methoxy groups -OCH3 is 1. The average Bonchev–Trinajstić information content (AvgIpc) is 2.73. The van der Waals surface area contributed by atoms with Crippen molar-refractivity contribution in [2.45, 2.75) is 70.6 Å². The van der Waals surface area contributed by atoms with E-state index in [4.69, 9.17) is 9.72 Å². The number of hydrogen-bond donors (Lipinski definition) is 1. The van der Waals surface area contributed by atoms with Crippen molar-refractivity contribution < 1.29 is 9.53 Å². The number of ether oxygens (including phenoxy) is 1. The number of pyridine rings is 1. The van der Waals surface area contributed by atoms with Gasteiger partial charge in [0.15, 0.2) is 5.78 Å². The van der Waals surface area contributed by atoms with Gasteiger partial charge in [-0.05, 0) is 51.3 Å². The van der Waals surface area contributed by atoms with Gasteiger partial charge in [-0.25, -0.2) is 4.98 Å². The number of rotatable bonds is 5. The van der Waals surface area contributed by atoms with Gasteiger partial charge in [-0.1, -0.05) is 30.9 Å². The minimum absolute atomic E-state index is 0.0623. The Morgan fingerprint density at radius 1 is 1.17 bits per heavy atom. The number of piperidine rings is 1. The normalized spacial score (nSPS) is 23.5. The second-order valence-corrected chi connectivity index (χ2v) is 8.73. The van der Waals surface area contributed by atoms with Crippen LogP contribution in [0.5, 0.6) is 0 Å². The number of anilines is 1. The Morgan fingerprint density at radius 2 is 1.97 bits per heavy atom. The largest absolute Gasteiger partial charge is 0.378 e. The van der Waals surface area contributed by atoms with Gasteiger partial charge < -0.3 is 15.0 Å². The summed E-state index contributed by atoms with van der Waals surface area (Å²) < 4.78 is 5.88. The van der Waals surface area contributed by atoms with Gasteiger partial charge in [0.05, 0.1) is 17.2 Å². The molecule has 5 nitrogen and oxygen atoms in total. The van der Waals surface area contributed by atoms with Crippen molar-refractivity contribution in [1.82, 2.24) is 10.3 Å². The fourth-order valence-corrected chi connectivity index (χ4v) is 4.90. The highest BCUT2D eigenvalue weighted by Crippen LogP contribution is 2.29. The fourth-order valence-electron chi connectivity index (χ4n) is 4.90. The van der Waals surface area contributed by atoms with E-state index in [9.17, 15) is 4.79 Å². The smallest absolute Gasteiger partial charge is 0.163 e. The van der Waals surface area contributed by atoms with Crippen LogP contribution in [0.25, 0.3) is 10.9 Å². The van der Waals surface area contributed by atoms with Crippen molar-refractivity contribution in [3.63, 3.8) is 0 Å². The van der Waals surface area contributed by atoms with Crippen molar-refractivity contribution in [2.24, 2.45) is 0 Å². The Hall–Kier alpha value is -1.98. The quantitative estimate of drug-likeness (QED) is 0.767. The van der Waals surface area contributed by atoms with Gasteiger partial charge in [-0.15, -0.1) is 0 Å². The molecule has 2 aromatic rings. The molecule has 5 heteroatoms. The zero-order valence-corrected chi connectivity index (χ0v) is 17.9. The predicted octanol–water partition coefficient (Wildman–Crippen LogP) is 4.26. The van der Waals surface area contributed by atoms with Gasteiger partial charge in [-0.3, -0.25) is 4.79 Å². The Balaban J connectivity index is 1.57. The van der Waals surface area contributed by atoms with E-state index in [-0.39, 0.29) is 11.9 Å². The van der Waals surface area contributed by atoms with Crippen LogP contribution in [0.4, 0.5) is 5.82 Å². The van der Waals surface area contributed by atoms with Gasteiger partial charge in [-0.2, -0.15) is 0 Å². The molecule has 0 radical (unpaired) electrons. The molecule has 1 aromatic heterocycles. The molecule has 1 aliphatic carbocycles. The van der Waals surface area contributed by atoms with Crippen LogP contribution >= 0.6 is 0 Å². The van der Waals surface area contributed by atoms with Crippen LogP contribution in [0.3, 0.4) is 0 Å². The molecular formula is C24H33N3O2. The maximum absolute atomic E-state index is 12.4. The number of carbonyl (C=O) groups excluding carboxylic acids is 1. The number of fused-ring (bicyclic) bond motifs is 1. The third-order valence-corrected chi connectivity index (χ3v) is 6.55. The van der Waals surface area contributed by atoms with Crippen LogP contribution in [-0.2, 0) is 4.74 Å². The van der Waals surface area contributed by atoms with E-state index in [1.807, 2.05) is 12.1 Å². The van der Waals surface area contributed by atoms with E-state index in [0.29, 0.717) is 17.6 Å². The van der Waals surface area contributed by atoms with Gasteiger partial charge >= 0.3 is 0 Å². The molecule has 29 heavy (non-hydrogen) atoms. The molecule has 1 saturated heterocycles. The number of nitrogens with one attached hydrogen (secondary N) is 1. The lowest BCUT2D eigenvalue weighted by Gasteiger charge is -2.41. The lowest BCUT2D eigenvalue weighted by Crippen LogP contribution is -2.56. The molecular weight excluding hydrogens is 362 g/mol. The SMILES string of the molecule is CO[C@H]1CN(c2nc3ccc(C)cc3cc2C(C)=O)CCC1NC1CCCCC1. The Bertz CT molecular complexity index is 876. The van der Waals surface area contributed by atoms with Gasteiger partial charge in [0.2, 0.25) is 0 Å². The van der Waals surface area contributed by atoms with E-state index in [2.05, 4.69) is 29.3 Å². The third kappa shape index (κ3) is 4.46. The summed E-state index contributed by atoms with van der Waals surface area (Å²) in [6.07, 6.45) is 7.67. The van der Waals surface area contributed by atoms with E-state index in [1.54, 1.807) is 14.0 Å². The van der Waals surface area contributed by atoms with Crippen molar-refractivity contribution in [1.29, 1.82) is 0 Å². The topological polar surface area (TPSA) is 54.5 Å². The highest BCUT2D eigenvalue weighted by atomic mass is 16.5. The molecule has 0 spiro atoms. The van der Waals surface area contributed by atoms with Crippen LogP contribution in [0.1, 0.15) is 61.4 Å². The monoisotopic (exact) mass is 395 g/mol. The lowest BCUT2D eigenvalue weighted by atomic mass is 9.92. The molecule has 1 N–H and O–H groups in total. The summed E-state index contributed by atoms with van der Waals surface area (Å²) in [5.41, 5.74) is 2.82. The summed E-state index contributed by atoms with van der Waals surface area (Å²) in [6.45, 7) is 5.34. The molecule has 2 heterocycles. The molecule has 2 fully saturated rings. The Kier molecular flexibility index (Phi) is 6.16. The molecule has 0 amide bonds. The highest BCUT2D eigenvalue weighted by molar-refractivity contribution is 6.02. The van der Waals surface area contributed by atoms with Gasteiger partial charge in [0.25, 0.3) is 0 Å². The first-order valence-corrected chi connectivity index (χ1v) is 11.0. The number of hydrogen-bond acceptors (Lipinski definition) is 5. The van der Waals surface area contributed by atoms with E-state index in [1.165, 1.54) is 37.7 Å². The minimum Gasteiger partial charge on any atom is -0.378 e. The summed E-state index contributed by atoms with van der Waals surface area (Å²) in [4.78, 5) is 19.5. The number of aryl methyl sites for hydroxylation is 1. The maximum Gasteiger partial charge on any atom is 0.163 e. The van der Waals surface area contributed by atoms with Crippen molar-refractivity contribution in [3.8, 4) is 0 Å². The number of Topliss-reactive ketones (excluding diaryl/α,β-unsaturated/α-hetero) is 1. The summed E-state index contributed by atoms with van der Waals surface area (Å²) in [5.74, 6) is 0.861. The molecule has 2 atom stereocenters. The zero-order chi connectivity index (χ0) is 20.4. The van der Waals surface area contributed by atoms with Gasteiger partial charge in [0, 0.05) is 37.7 Å². The first-order chi connectivity index (χ1) is 14.0. The van der Waals surface area contributed by atoms with Crippen LogP contribution in [-0.4, -0.2) is 49.2 Å². The Morgan fingerprint density at radius 3 is 2.69 bits per heavy atom. The molecule has 156 valence electrons. The fraction of sp³-hybridized carbons (Fsp3) is 0.583. The summed E-state index contributed by atoms with van der Waals surface area (Å²) >= 11 is 0. The molecule has 1 aromatic carbocycles. The molecule has 2 aliphatic rings. The zero-order valence-electron chi connectivity index (χ0n) is 17.9. The third-order valence-electron chi connectivity index (χ3n) is 6.55. The summed E-state index contributed by atoms with van der Waals surface area (Å²) in [5, 5.41) is 4.89.